The molecule has 5 aromatic rings. The van der Waals surface area contributed by atoms with Crippen molar-refractivity contribution in [2.75, 3.05) is 83.1 Å². The number of esters is 1. The van der Waals surface area contributed by atoms with Gasteiger partial charge in [-0.1, -0.05) is 45.0 Å². The van der Waals surface area contributed by atoms with E-state index in [4.69, 9.17) is 33.2 Å². The van der Waals surface area contributed by atoms with E-state index in [9.17, 15) is 14.2 Å². The smallest absolute Gasteiger partial charge is 0.332 e. The molecule has 0 aliphatic rings. The number of fused-ring (bicyclic) bond motifs is 1. The Hall–Kier alpha value is -5.82. The lowest BCUT2D eigenvalue weighted by Crippen LogP contribution is -2.23. The lowest BCUT2D eigenvalue weighted by atomic mass is 9.86. The van der Waals surface area contributed by atoms with Crippen molar-refractivity contribution in [3.8, 4) is 28.7 Å². The summed E-state index contributed by atoms with van der Waals surface area (Å²) in [7, 11) is 0.321. The number of anilines is 4. The number of amides is 2. The normalized spacial score (nSPS) is 11.5. The zero-order chi connectivity index (χ0) is 42.6. The van der Waals surface area contributed by atoms with Gasteiger partial charge in [0.1, 0.15) is 49.2 Å². The van der Waals surface area contributed by atoms with Crippen molar-refractivity contribution in [1.29, 1.82) is 0 Å². The molecule has 0 aliphatic carbocycles. The molecule has 5 rings (SSSR count). The van der Waals surface area contributed by atoms with Crippen LogP contribution in [0, 0.1) is 0 Å². The van der Waals surface area contributed by atoms with E-state index >= 15 is 0 Å². The van der Waals surface area contributed by atoms with Crippen molar-refractivity contribution in [2.45, 2.75) is 33.1 Å². The molecule has 59 heavy (non-hydrogen) atoms. The van der Waals surface area contributed by atoms with Crippen molar-refractivity contribution >= 4 is 58.1 Å². The van der Waals surface area contributed by atoms with E-state index in [-0.39, 0.29) is 25.2 Å². The number of hydrogen-bond donors (Lipinski definition) is 3. The van der Waals surface area contributed by atoms with Crippen LogP contribution in [0.15, 0.2) is 85.1 Å². The Balaban J connectivity index is 1.25. The molecule has 2 amide bonds. The topological polar surface area (TPSA) is 165 Å². The zero-order valence-electron chi connectivity index (χ0n) is 34.8. The van der Waals surface area contributed by atoms with Crippen LogP contribution < -0.4 is 40.2 Å². The van der Waals surface area contributed by atoms with Crippen LogP contribution in [0.2, 0.25) is 0 Å². The summed E-state index contributed by atoms with van der Waals surface area (Å²) < 4.78 is 52.4. The highest BCUT2D eigenvalue weighted by Gasteiger charge is 2.26. The molecule has 0 spiro atoms. The summed E-state index contributed by atoms with van der Waals surface area (Å²) in [6.45, 7) is 12.6. The van der Waals surface area contributed by atoms with Gasteiger partial charge in [0.25, 0.3) is 0 Å². The van der Waals surface area contributed by atoms with Gasteiger partial charge in [-0.3, -0.25) is 0 Å². The molecule has 3 N–H and O–H groups in total. The maximum absolute atomic E-state index is 13.6. The molecule has 15 heteroatoms. The van der Waals surface area contributed by atoms with Gasteiger partial charge in [-0.15, -0.1) is 0 Å². The Morgan fingerprint density at radius 3 is 2.19 bits per heavy atom. The first kappa shape index (κ1) is 44.3. The van der Waals surface area contributed by atoms with Gasteiger partial charge in [0.15, 0.2) is 5.75 Å². The molecule has 0 fully saturated rings. The average molecular weight is 829 g/mol. The van der Waals surface area contributed by atoms with Gasteiger partial charge >= 0.3 is 12.0 Å². The Morgan fingerprint density at radius 1 is 0.763 bits per heavy atom. The minimum Gasteiger partial charge on any atom is -0.497 e. The van der Waals surface area contributed by atoms with Crippen molar-refractivity contribution in [2.24, 2.45) is 0 Å². The standard InChI is InChI=1S/C44H53N4O10P/c1-9-56-41(49)28-55-19-18-54-20-21-57-33-25-30(24-32(26-33)52-5)46-40-27-31(16-17-45-40)58-38-15-14-36(34-12-10-11-13-35(34)38)47-43(50)48-37-22-29(44(2,3)4)23-39(42(37)53-6)59(7,8)51/h10-17,22-27H,9,18-21,28H2,1-8H3,(H,45,46)(H2,47,48,50). The fourth-order valence-corrected chi connectivity index (χ4v) is 7.11. The van der Waals surface area contributed by atoms with Crippen LogP contribution in [-0.2, 0) is 29.0 Å². The van der Waals surface area contributed by atoms with Gasteiger partial charge in [0.05, 0.1) is 57.3 Å². The molecule has 0 atom stereocenters. The molecule has 0 saturated carbocycles. The number of urea groups is 1. The Kier molecular flexibility index (Phi) is 15.2. The first-order chi connectivity index (χ1) is 28.2. The molecule has 14 nitrogen and oxygen atoms in total. The summed E-state index contributed by atoms with van der Waals surface area (Å²) in [6.07, 6.45) is 1.63. The lowest BCUT2D eigenvalue weighted by molar-refractivity contribution is -0.148. The van der Waals surface area contributed by atoms with E-state index in [0.29, 0.717) is 76.8 Å². The Bertz CT molecular complexity index is 2290. The van der Waals surface area contributed by atoms with E-state index in [1.54, 1.807) is 63.9 Å². The van der Waals surface area contributed by atoms with Crippen LogP contribution in [0.1, 0.15) is 33.3 Å². The molecular weight excluding hydrogens is 775 g/mol. The number of benzene rings is 4. The first-order valence-electron chi connectivity index (χ1n) is 19.1. The number of hydrogen-bond acceptors (Lipinski definition) is 12. The summed E-state index contributed by atoms with van der Waals surface area (Å²) in [5.41, 5.74) is 2.32. The minimum absolute atomic E-state index is 0.112. The quantitative estimate of drug-likeness (QED) is 0.0412. The summed E-state index contributed by atoms with van der Waals surface area (Å²) in [5.74, 6) is 2.72. The lowest BCUT2D eigenvalue weighted by Gasteiger charge is -2.25. The summed E-state index contributed by atoms with van der Waals surface area (Å²) in [6, 6.07) is 23.4. The van der Waals surface area contributed by atoms with Gasteiger partial charge in [-0.05, 0) is 61.6 Å². The van der Waals surface area contributed by atoms with Gasteiger partial charge in [-0.25, -0.2) is 14.6 Å². The van der Waals surface area contributed by atoms with Gasteiger partial charge in [-0.2, -0.15) is 0 Å². The third-order valence-corrected chi connectivity index (χ3v) is 10.3. The van der Waals surface area contributed by atoms with Crippen molar-refractivity contribution in [3.63, 3.8) is 0 Å². The Morgan fingerprint density at radius 2 is 1.47 bits per heavy atom. The van der Waals surface area contributed by atoms with Crippen LogP contribution in [0.4, 0.5) is 27.7 Å². The fourth-order valence-electron chi connectivity index (χ4n) is 5.96. The van der Waals surface area contributed by atoms with Crippen molar-refractivity contribution in [1.82, 2.24) is 4.98 Å². The van der Waals surface area contributed by atoms with Crippen molar-refractivity contribution in [3.05, 3.63) is 90.6 Å². The molecule has 314 valence electrons. The maximum atomic E-state index is 13.6. The number of methoxy groups -OCH3 is 2. The number of pyridine rings is 1. The SMILES string of the molecule is CCOC(=O)COCCOCCOc1cc(Nc2cc(Oc3ccc(NC(=O)Nc4cc(C(C)(C)C)cc(P(C)(C)=O)c4OC)c4ccccc34)ccn2)cc(OC)c1. The Labute approximate surface area is 345 Å². The average Bonchev–Trinajstić information content (AvgIpc) is 3.19. The highest BCUT2D eigenvalue weighted by Crippen LogP contribution is 2.44. The maximum Gasteiger partial charge on any atom is 0.332 e. The number of aromatic nitrogens is 1. The molecular formula is C44H53N4O10P. The van der Waals surface area contributed by atoms with E-state index in [1.807, 2.05) is 48.5 Å². The summed E-state index contributed by atoms with van der Waals surface area (Å²) in [4.78, 5) is 29.4. The highest BCUT2D eigenvalue weighted by molar-refractivity contribution is 7.70. The molecule has 0 saturated heterocycles. The van der Waals surface area contributed by atoms with Gasteiger partial charge < -0.3 is 53.7 Å². The van der Waals surface area contributed by atoms with Crippen molar-refractivity contribution < 1.29 is 47.3 Å². The number of carbonyl (C=O) groups excluding carboxylic acids is 2. The van der Waals surface area contributed by atoms with Crippen LogP contribution >= 0.6 is 7.14 Å². The monoisotopic (exact) mass is 828 g/mol. The second kappa shape index (κ2) is 20.2. The third-order valence-electron chi connectivity index (χ3n) is 8.84. The van der Waals surface area contributed by atoms with Crippen LogP contribution in [0.5, 0.6) is 28.7 Å². The van der Waals surface area contributed by atoms with E-state index in [2.05, 4.69) is 41.7 Å². The number of carbonyl (C=O) groups is 2. The van der Waals surface area contributed by atoms with Gasteiger partial charge in [0, 0.05) is 46.9 Å². The van der Waals surface area contributed by atoms with Crippen LogP contribution in [0.25, 0.3) is 10.8 Å². The number of ether oxygens (including phenoxy) is 7. The predicted octanol–water partition coefficient (Wildman–Crippen LogP) is 8.95. The highest BCUT2D eigenvalue weighted by atomic mass is 31.2. The molecule has 0 aliphatic heterocycles. The molecule has 1 aromatic heterocycles. The largest absolute Gasteiger partial charge is 0.497 e. The first-order valence-corrected chi connectivity index (χ1v) is 21.7. The second-order valence-electron chi connectivity index (χ2n) is 14.7. The van der Waals surface area contributed by atoms with Crippen LogP contribution in [0.3, 0.4) is 0 Å². The molecule has 0 unspecified atom stereocenters. The van der Waals surface area contributed by atoms with E-state index in [1.165, 1.54) is 7.11 Å². The molecule has 1 heterocycles. The zero-order valence-corrected chi connectivity index (χ0v) is 35.7. The molecule has 0 radical (unpaired) electrons. The second-order valence-corrected chi connectivity index (χ2v) is 17.9. The predicted molar refractivity (Wildman–Crippen MR) is 232 cm³/mol. The number of nitrogens with one attached hydrogen (secondary N) is 3. The third kappa shape index (κ3) is 12.6. The number of nitrogens with zero attached hydrogens (tertiary/aromatic N) is 1. The summed E-state index contributed by atoms with van der Waals surface area (Å²) in [5, 5.41) is 11.3. The van der Waals surface area contributed by atoms with Crippen LogP contribution in [-0.4, -0.2) is 84.2 Å². The van der Waals surface area contributed by atoms with E-state index < -0.39 is 19.1 Å². The van der Waals surface area contributed by atoms with Gasteiger partial charge in [0.2, 0.25) is 0 Å². The fraction of sp³-hybridized carbons (Fsp3) is 0.341. The number of rotatable bonds is 19. The van der Waals surface area contributed by atoms with E-state index in [0.717, 1.165) is 16.3 Å². The minimum atomic E-state index is -2.76. The molecule has 0 bridgehead atoms. The summed E-state index contributed by atoms with van der Waals surface area (Å²) >= 11 is 0. The molecule has 4 aromatic carbocycles.